The first-order valence-electron chi connectivity index (χ1n) is 9.27. The first-order valence-corrected chi connectivity index (χ1v) is 9.27. The van der Waals surface area contributed by atoms with Crippen molar-refractivity contribution in [2.75, 3.05) is 0 Å². The molecule has 5 nitrogen and oxygen atoms in total. The van der Waals surface area contributed by atoms with E-state index in [1.54, 1.807) is 0 Å². The summed E-state index contributed by atoms with van der Waals surface area (Å²) in [5.41, 5.74) is 1.20. The van der Waals surface area contributed by atoms with Crippen LogP contribution in [-0.2, 0) is 4.84 Å². The summed E-state index contributed by atoms with van der Waals surface area (Å²) < 4.78 is 0. The Hall–Kier alpha value is -1.10. The standard InChI is InChI=1S/C18H33NO3.H3N/c1-2-3-4-5-6-7-8-9-10-11-14-17-15-12-13-16-18(17)22-19(20)21;/h2-16H2,1H3;1H3. The van der Waals surface area contributed by atoms with E-state index in [4.69, 9.17) is 4.84 Å². The van der Waals surface area contributed by atoms with Crippen molar-refractivity contribution in [1.82, 2.24) is 6.15 Å². The zero-order valence-electron chi connectivity index (χ0n) is 15.0. The number of hydrogen-bond acceptors (Lipinski definition) is 4. The van der Waals surface area contributed by atoms with Crippen molar-refractivity contribution in [3.63, 3.8) is 0 Å². The molecule has 0 aromatic carbocycles. The van der Waals surface area contributed by atoms with E-state index in [0.717, 1.165) is 38.5 Å². The van der Waals surface area contributed by atoms with Crippen molar-refractivity contribution < 1.29 is 9.92 Å². The Morgan fingerprint density at radius 2 is 1.43 bits per heavy atom. The molecule has 0 aromatic rings. The van der Waals surface area contributed by atoms with Gasteiger partial charge in [-0.1, -0.05) is 64.7 Å². The molecule has 0 amide bonds. The third kappa shape index (κ3) is 11.1. The lowest BCUT2D eigenvalue weighted by Gasteiger charge is -2.18. The monoisotopic (exact) mass is 328 g/mol. The summed E-state index contributed by atoms with van der Waals surface area (Å²) in [6, 6.07) is 0. The molecule has 0 unspecified atom stereocenters. The second-order valence-corrected chi connectivity index (χ2v) is 6.48. The molecule has 1 rings (SSSR count). The minimum Gasteiger partial charge on any atom is -0.344 e. The van der Waals surface area contributed by atoms with Crippen LogP contribution in [0.2, 0.25) is 0 Å². The van der Waals surface area contributed by atoms with Crippen LogP contribution in [0, 0.1) is 10.1 Å². The van der Waals surface area contributed by atoms with Crippen molar-refractivity contribution in [2.24, 2.45) is 0 Å². The smallest absolute Gasteiger partial charge is 0.299 e. The van der Waals surface area contributed by atoms with Gasteiger partial charge in [-0.05, 0) is 44.1 Å². The predicted octanol–water partition coefficient (Wildman–Crippen LogP) is 6.50. The van der Waals surface area contributed by atoms with Crippen molar-refractivity contribution in [3.8, 4) is 0 Å². The van der Waals surface area contributed by atoms with Gasteiger partial charge in [0.05, 0.1) is 0 Å². The number of allylic oxidation sites excluding steroid dienone is 2. The van der Waals surface area contributed by atoms with E-state index < -0.39 is 5.09 Å². The van der Waals surface area contributed by atoms with Crippen LogP contribution in [-0.4, -0.2) is 5.09 Å². The molecule has 0 radical (unpaired) electrons. The summed E-state index contributed by atoms with van der Waals surface area (Å²) in [5, 5.41) is 9.85. The molecule has 0 saturated heterocycles. The van der Waals surface area contributed by atoms with E-state index in [1.807, 2.05) is 0 Å². The van der Waals surface area contributed by atoms with Crippen molar-refractivity contribution in [2.45, 2.75) is 103 Å². The van der Waals surface area contributed by atoms with Gasteiger partial charge >= 0.3 is 0 Å². The first-order chi connectivity index (χ1) is 10.7. The molecule has 1 aliphatic carbocycles. The van der Waals surface area contributed by atoms with E-state index in [1.165, 1.54) is 63.4 Å². The van der Waals surface area contributed by atoms with Crippen LogP contribution < -0.4 is 6.15 Å². The predicted molar refractivity (Wildman–Crippen MR) is 95.1 cm³/mol. The first kappa shape index (κ1) is 21.9. The molecule has 0 aliphatic heterocycles. The van der Waals surface area contributed by atoms with Crippen molar-refractivity contribution >= 4 is 0 Å². The van der Waals surface area contributed by atoms with E-state index in [9.17, 15) is 10.1 Å². The Balaban J connectivity index is 0.00000484. The molecule has 5 heteroatoms. The summed E-state index contributed by atoms with van der Waals surface area (Å²) in [6.45, 7) is 2.25. The molecular weight excluding hydrogens is 292 g/mol. The zero-order valence-corrected chi connectivity index (χ0v) is 15.0. The lowest BCUT2D eigenvalue weighted by atomic mass is 9.93. The molecular formula is C18H36N2O3. The Labute approximate surface area is 141 Å². The highest BCUT2D eigenvalue weighted by atomic mass is 17.0. The van der Waals surface area contributed by atoms with Crippen molar-refractivity contribution in [3.05, 3.63) is 21.4 Å². The van der Waals surface area contributed by atoms with Crippen LogP contribution in [0.3, 0.4) is 0 Å². The van der Waals surface area contributed by atoms with Gasteiger partial charge in [-0.2, -0.15) is 0 Å². The Morgan fingerprint density at radius 1 is 0.913 bits per heavy atom. The highest BCUT2D eigenvalue weighted by Gasteiger charge is 2.15. The number of rotatable bonds is 13. The van der Waals surface area contributed by atoms with E-state index >= 15 is 0 Å². The van der Waals surface area contributed by atoms with Gasteiger partial charge in [0.25, 0.3) is 5.09 Å². The molecule has 3 N–H and O–H groups in total. The second-order valence-electron chi connectivity index (χ2n) is 6.48. The largest absolute Gasteiger partial charge is 0.344 e. The molecule has 0 atom stereocenters. The molecule has 1 aliphatic rings. The third-order valence-corrected chi connectivity index (χ3v) is 4.54. The normalized spacial score (nSPS) is 14.5. The van der Waals surface area contributed by atoms with Crippen molar-refractivity contribution in [1.29, 1.82) is 0 Å². The highest BCUT2D eigenvalue weighted by molar-refractivity contribution is 5.11. The van der Waals surface area contributed by atoms with Gasteiger partial charge in [-0.25, -0.2) is 0 Å². The maximum Gasteiger partial charge on any atom is 0.299 e. The fraction of sp³-hybridized carbons (Fsp3) is 0.889. The van der Waals surface area contributed by atoms with Gasteiger partial charge < -0.3 is 6.15 Å². The molecule has 136 valence electrons. The van der Waals surface area contributed by atoms with Gasteiger partial charge in [-0.15, -0.1) is 10.1 Å². The Kier molecular flexibility index (Phi) is 13.8. The van der Waals surface area contributed by atoms with Gasteiger partial charge in [-0.3, -0.25) is 4.84 Å². The number of hydrogen-bond donors (Lipinski definition) is 1. The maximum absolute atomic E-state index is 10.5. The summed E-state index contributed by atoms with van der Waals surface area (Å²) in [7, 11) is 0. The maximum atomic E-state index is 10.5. The average Bonchev–Trinajstić information content (AvgIpc) is 2.50. The fourth-order valence-corrected chi connectivity index (χ4v) is 3.23. The summed E-state index contributed by atoms with van der Waals surface area (Å²) in [4.78, 5) is 15.3. The van der Waals surface area contributed by atoms with Gasteiger partial charge in [0.1, 0.15) is 5.76 Å². The zero-order chi connectivity index (χ0) is 16.0. The van der Waals surface area contributed by atoms with Crippen LogP contribution in [0.15, 0.2) is 11.3 Å². The Morgan fingerprint density at radius 3 is 2.00 bits per heavy atom. The minimum absolute atomic E-state index is 0. The quantitative estimate of drug-likeness (QED) is 0.237. The van der Waals surface area contributed by atoms with Gasteiger partial charge in [0.15, 0.2) is 0 Å². The molecule has 0 heterocycles. The summed E-state index contributed by atoms with van der Waals surface area (Å²) >= 11 is 0. The molecule has 23 heavy (non-hydrogen) atoms. The number of unbranched alkanes of at least 4 members (excludes halogenated alkanes) is 9. The second kappa shape index (κ2) is 14.5. The van der Waals surface area contributed by atoms with Gasteiger partial charge in [0, 0.05) is 0 Å². The highest BCUT2D eigenvalue weighted by Crippen LogP contribution is 2.29. The molecule has 0 aromatic heterocycles. The van der Waals surface area contributed by atoms with Crippen LogP contribution in [0.25, 0.3) is 0 Å². The van der Waals surface area contributed by atoms with Crippen LogP contribution in [0.4, 0.5) is 0 Å². The summed E-state index contributed by atoms with van der Waals surface area (Å²) in [6.07, 6.45) is 18.1. The molecule has 0 spiro atoms. The van der Waals surface area contributed by atoms with E-state index in [-0.39, 0.29) is 6.15 Å². The van der Waals surface area contributed by atoms with Crippen LogP contribution >= 0.6 is 0 Å². The van der Waals surface area contributed by atoms with E-state index in [2.05, 4.69) is 6.92 Å². The third-order valence-electron chi connectivity index (χ3n) is 4.54. The SMILES string of the molecule is CCCCCCCCCCCCC1=C(O[N+](=O)[O-])CCCC1.N. The molecule has 0 saturated carbocycles. The lowest BCUT2D eigenvalue weighted by molar-refractivity contribution is -0.743. The van der Waals surface area contributed by atoms with Crippen LogP contribution in [0.1, 0.15) is 103 Å². The minimum atomic E-state index is -0.654. The van der Waals surface area contributed by atoms with E-state index in [0.29, 0.717) is 5.76 Å². The topological polar surface area (TPSA) is 87.4 Å². The molecule has 0 bridgehead atoms. The fourth-order valence-electron chi connectivity index (χ4n) is 3.23. The number of nitrogens with zero attached hydrogens (tertiary/aromatic N) is 1. The molecule has 0 fully saturated rings. The van der Waals surface area contributed by atoms with Crippen LogP contribution in [0.5, 0.6) is 0 Å². The summed E-state index contributed by atoms with van der Waals surface area (Å²) in [5.74, 6) is 0.646. The Bertz CT molecular complexity index is 343. The lowest BCUT2D eigenvalue weighted by Crippen LogP contribution is -2.08. The average molecular weight is 328 g/mol. The van der Waals surface area contributed by atoms with Gasteiger partial charge in [0.2, 0.25) is 0 Å².